The summed E-state index contributed by atoms with van der Waals surface area (Å²) in [6.45, 7) is 1.87. The van der Waals surface area contributed by atoms with Crippen LogP contribution in [0.2, 0.25) is 0 Å². The van der Waals surface area contributed by atoms with Crippen LogP contribution in [0.5, 0.6) is 0 Å². The average Bonchev–Trinajstić information content (AvgIpc) is 2.58. The van der Waals surface area contributed by atoms with E-state index in [-0.39, 0.29) is 5.82 Å². The molecule has 15 heavy (non-hydrogen) atoms. The van der Waals surface area contributed by atoms with Crippen LogP contribution in [-0.4, -0.2) is 9.78 Å². The van der Waals surface area contributed by atoms with Crippen molar-refractivity contribution < 1.29 is 4.39 Å². The molecule has 3 nitrogen and oxygen atoms in total. The van der Waals surface area contributed by atoms with Crippen LogP contribution >= 0.6 is 22.6 Å². The minimum absolute atomic E-state index is 0.284. The summed E-state index contributed by atoms with van der Waals surface area (Å²) in [5, 5.41) is 4.18. The molecule has 1 aromatic carbocycles. The van der Waals surface area contributed by atoms with Gasteiger partial charge in [0, 0.05) is 12.3 Å². The zero-order valence-corrected chi connectivity index (χ0v) is 10.2. The van der Waals surface area contributed by atoms with Crippen molar-refractivity contribution in [3.8, 4) is 5.69 Å². The molecular formula is C10H9FIN3. The van der Waals surface area contributed by atoms with Gasteiger partial charge in [-0.3, -0.25) is 0 Å². The Hall–Kier alpha value is -1.11. The summed E-state index contributed by atoms with van der Waals surface area (Å²) in [5.41, 5.74) is 7.76. The number of rotatable bonds is 1. The Morgan fingerprint density at radius 1 is 1.47 bits per heavy atom. The zero-order chi connectivity index (χ0) is 11.0. The van der Waals surface area contributed by atoms with Gasteiger partial charge in [-0.1, -0.05) is 0 Å². The van der Waals surface area contributed by atoms with E-state index in [0.29, 0.717) is 14.9 Å². The molecule has 1 aromatic heterocycles. The SMILES string of the molecule is Cc1ccn(-c2cc(F)c(I)cc2N)n1. The van der Waals surface area contributed by atoms with Crippen LogP contribution in [0.25, 0.3) is 5.69 Å². The van der Waals surface area contributed by atoms with Crippen molar-refractivity contribution in [2.45, 2.75) is 6.92 Å². The van der Waals surface area contributed by atoms with Gasteiger partial charge in [-0.2, -0.15) is 5.10 Å². The summed E-state index contributed by atoms with van der Waals surface area (Å²) < 4.78 is 15.4. The third-order valence-electron chi connectivity index (χ3n) is 2.04. The predicted octanol–water partition coefficient (Wildman–Crippen LogP) is 2.51. The first-order valence-electron chi connectivity index (χ1n) is 4.35. The van der Waals surface area contributed by atoms with Crippen LogP contribution < -0.4 is 5.73 Å². The topological polar surface area (TPSA) is 43.8 Å². The second kappa shape index (κ2) is 3.80. The van der Waals surface area contributed by atoms with Crippen molar-refractivity contribution in [3.63, 3.8) is 0 Å². The molecule has 0 bridgehead atoms. The number of hydrogen-bond donors (Lipinski definition) is 1. The first-order valence-corrected chi connectivity index (χ1v) is 5.43. The summed E-state index contributed by atoms with van der Waals surface area (Å²) in [6.07, 6.45) is 1.76. The fraction of sp³-hybridized carbons (Fsp3) is 0.100. The van der Waals surface area contributed by atoms with Gasteiger partial charge >= 0.3 is 0 Å². The molecule has 0 saturated carbocycles. The Morgan fingerprint density at radius 3 is 2.80 bits per heavy atom. The number of halogens is 2. The molecule has 2 aromatic rings. The first-order chi connectivity index (χ1) is 7.08. The largest absolute Gasteiger partial charge is 0.397 e. The zero-order valence-electron chi connectivity index (χ0n) is 8.04. The van der Waals surface area contributed by atoms with Crippen molar-refractivity contribution >= 4 is 28.3 Å². The molecule has 0 spiro atoms. The summed E-state index contributed by atoms with van der Waals surface area (Å²) in [4.78, 5) is 0. The minimum atomic E-state index is -0.284. The molecule has 1 heterocycles. The molecule has 0 fully saturated rings. The molecule has 0 atom stereocenters. The number of hydrogen-bond acceptors (Lipinski definition) is 2. The van der Waals surface area contributed by atoms with E-state index in [1.54, 1.807) is 16.9 Å². The van der Waals surface area contributed by atoms with E-state index in [1.165, 1.54) is 6.07 Å². The van der Waals surface area contributed by atoms with Crippen molar-refractivity contribution in [1.29, 1.82) is 0 Å². The Balaban J connectivity index is 2.58. The molecule has 2 rings (SSSR count). The first kappa shape index (κ1) is 10.4. The highest BCUT2D eigenvalue weighted by molar-refractivity contribution is 14.1. The number of anilines is 1. The lowest BCUT2D eigenvalue weighted by Crippen LogP contribution is -2.02. The summed E-state index contributed by atoms with van der Waals surface area (Å²) in [7, 11) is 0. The molecule has 0 amide bonds. The van der Waals surface area contributed by atoms with Crippen molar-refractivity contribution in [1.82, 2.24) is 9.78 Å². The lowest BCUT2D eigenvalue weighted by Gasteiger charge is -2.06. The fourth-order valence-corrected chi connectivity index (χ4v) is 1.79. The fourth-order valence-electron chi connectivity index (χ4n) is 1.30. The van der Waals surface area contributed by atoms with Crippen molar-refractivity contribution in [2.75, 3.05) is 5.73 Å². The van der Waals surface area contributed by atoms with Gasteiger partial charge in [-0.05, 0) is 41.6 Å². The number of nitrogens with two attached hydrogens (primary N) is 1. The Kier molecular flexibility index (Phi) is 2.64. The van der Waals surface area contributed by atoms with Crippen LogP contribution in [0.4, 0.5) is 10.1 Å². The molecule has 0 radical (unpaired) electrons. The van der Waals surface area contributed by atoms with Gasteiger partial charge in [0.2, 0.25) is 0 Å². The molecule has 0 aliphatic heterocycles. The minimum Gasteiger partial charge on any atom is -0.397 e. The second-order valence-electron chi connectivity index (χ2n) is 3.23. The highest BCUT2D eigenvalue weighted by Gasteiger charge is 2.08. The second-order valence-corrected chi connectivity index (χ2v) is 4.39. The molecule has 2 N–H and O–H groups in total. The van der Waals surface area contributed by atoms with Crippen LogP contribution in [0.3, 0.4) is 0 Å². The number of aryl methyl sites for hydroxylation is 1. The van der Waals surface area contributed by atoms with E-state index in [0.717, 1.165) is 5.69 Å². The molecule has 0 aliphatic carbocycles. The third kappa shape index (κ3) is 1.97. The van der Waals surface area contributed by atoms with Crippen molar-refractivity contribution in [2.24, 2.45) is 0 Å². The van der Waals surface area contributed by atoms with Gasteiger partial charge in [0.1, 0.15) is 5.82 Å². The molecule has 0 saturated heterocycles. The van der Waals surface area contributed by atoms with E-state index in [9.17, 15) is 4.39 Å². The normalized spacial score (nSPS) is 10.6. The van der Waals surface area contributed by atoms with E-state index in [2.05, 4.69) is 5.10 Å². The quantitative estimate of drug-likeness (QED) is 0.649. The molecule has 0 aliphatic rings. The lowest BCUT2D eigenvalue weighted by atomic mass is 10.2. The Labute approximate surface area is 100 Å². The van der Waals surface area contributed by atoms with Crippen LogP contribution in [-0.2, 0) is 0 Å². The number of nitrogen functional groups attached to an aromatic ring is 1. The van der Waals surface area contributed by atoms with Gasteiger partial charge in [0.05, 0.1) is 20.6 Å². The van der Waals surface area contributed by atoms with Crippen molar-refractivity contribution in [3.05, 3.63) is 39.5 Å². The van der Waals surface area contributed by atoms with E-state index < -0.39 is 0 Å². The highest BCUT2D eigenvalue weighted by Crippen LogP contribution is 2.22. The van der Waals surface area contributed by atoms with Gasteiger partial charge in [0.15, 0.2) is 0 Å². The molecule has 5 heteroatoms. The summed E-state index contributed by atoms with van der Waals surface area (Å²) in [5.74, 6) is -0.284. The highest BCUT2D eigenvalue weighted by atomic mass is 127. The van der Waals surface area contributed by atoms with E-state index in [4.69, 9.17) is 5.73 Å². The molecule has 0 unspecified atom stereocenters. The van der Waals surface area contributed by atoms with Gasteiger partial charge in [-0.15, -0.1) is 0 Å². The van der Waals surface area contributed by atoms with Gasteiger partial charge in [-0.25, -0.2) is 9.07 Å². The summed E-state index contributed by atoms with van der Waals surface area (Å²) >= 11 is 1.91. The van der Waals surface area contributed by atoms with Gasteiger partial charge < -0.3 is 5.73 Å². The van der Waals surface area contributed by atoms with Crippen LogP contribution in [0, 0.1) is 16.3 Å². The number of nitrogens with zero attached hydrogens (tertiary/aromatic N) is 2. The molecular weight excluding hydrogens is 308 g/mol. The maximum atomic E-state index is 13.3. The maximum Gasteiger partial charge on any atom is 0.138 e. The third-order valence-corrected chi connectivity index (χ3v) is 2.87. The Bertz CT molecular complexity index is 507. The molecule has 78 valence electrons. The predicted molar refractivity (Wildman–Crippen MR) is 65.4 cm³/mol. The van der Waals surface area contributed by atoms with E-state index in [1.807, 2.05) is 35.6 Å². The van der Waals surface area contributed by atoms with Gasteiger partial charge in [0.25, 0.3) is 0 Å². The average molecular weight is 317 g/mol. The monoisotopic (exact) mass is 317 g/mol. The standard InChI is InChI=1S/C10H9FIN3/c1-6-2-3-15(14-6)10-4-7(11)8(12)5-9(10)13/h2-5H,13H2,1H3. The van der Waals surface area contributed by atoms with E-state index >= 15 is 0 Å². The maximum absolute atomic E-state index is 13.3. The van der Waals surface area contributed by atoms with Crippen LogP contribution in [0.1, 0.15) is 5.69 Å². The number of benzene rings is 1. The smallest absolute Gasteiger partial charge is 0.138 e. The lowest BCUT2D eigenvalue weighted by molar-refractivity contribution is 0.618. The van der Waals surface area contributed by atoms with Crippen LogP contribution in [0.15, 0.2) is 24.4 Å². The Morgan fingerprint density at radius 2 is 2.20 bits per heavy atom. The summed E-state index contributed by atoms with van der Waals surface area (Å²) in [6, 6.07) is 4.83. The number of aromatic nitrogens is 2.